The van der Waals surface area contributed by atoms with Gasteiger partial charge in [0.2, 0.25) is 6.29 Å². The molecule has 3 heteroatoms. The van der Waals surface area contributed by atoms with Crippen molar-refractivity contribution in [1.82, 2.24) is 0 Å². The second-order valence-corrected chi connectivity index (χ2v) is 6.77. The van der Waals surface area contributed by atoms with Gasteiger partial charge in [0.25, 0.3) is 0 Å². The maximum absolute atomic E-state index is 5.93. The van der Waals surface area contributed by atoms with Crippen molar-refractivity contribution in [1.29, 1.82) is 0 Å². The van der Waals surface area contributed by atoms with Gasteiger partial charge in [-0.25, -0.2) is 0 Å². The lowest BCUT2D eigenvalue weighted by Gasteiger charge is -2.24. The van der Waals surface area contributed by atoms with Gasteiger partial charge in [0.1, 0.15) is 0 Å². The van der Waals surface area contributed by atoms with E-state index in [9.17, 15) is 0 Å². The number of hydrogen-bond donors (Lipinski definition) is 0. The Balaban J connectivity index is 1.55. The third-order valence-electron chi connectivity index (χ3n) is 4.18. The Labute approximate surface area is 160 Å². The molecule has 0 radical (unpaired) electrons. The molecule has 0 unspecified atom stereocenters. The third kappa shape index (κ3) is 5.47. The van der Waals surface area contributed by atoms with Crippen LogP contribution < -0.4 is 0 Å². The van der Waals surface area contributed by atoms with E-state index in [2.05, 4.69) is 43.0 Å². The molecule has 1 aliphatic rings. The van der Waals surface area contributed by atoms with Crippen LogP contribution in [0, 0.1) is 17.8 Å². The molecular formula is C23H23ClO2. The van der Waals surface area contributed by atoms with Gasteiger partial charge < -0.3 is 9.47 Å². The molecule has 1 heterocycles. The van der Waals surface area contributed by atoms with Crippen molar-refractivity contribution in [2.75, 3.05) is 13.2 Å². The second-order valence-electron chi connectivity index (χ2n) is 6.33. The van der Waals surface area contributed by atoms with E-state index in [1.54, 1.807) is 0 Å². The van der Waals surface area contributed by atoms with E-state index in [1.807, 2.05) is 36.4 Å². The summed E-state index contributed by atoms with van der Waals surface area (Å²) in [4.78, 5) is 0. The van der Waals surface area contributed by atoms with Crippen LogP contribution in [0.15, 0.2) is 60.7 Å². The van der Waals surface area contributed by atoms with Gasteiger partial charge in [-0.15, -0.1) is 0 Å². The van der Waals surface area contributed by atoms with Crippen molar-refractivity contribution in [3.63, 3.8) is 0 Å². The van der Waals surface area contributed by atoms with Crippen LogP contribution in [0.3, 0.4) is 0 Å². The summed E-state index contributed by atoms with van der Waals surface area (Å²) in [5.41, 5.74) is 3.22. The van der Waals surface area contributed by atoms with E-state index in [0.29, 0.717) is 19.1 Å². The van der Waals surface area contributed by atoms with Crippen LogP contribution in [0.5, 0.6) is 0 Å². The number of benzene rings is 2. The van der Waals surface area contributed by atoms with Gasteiger partial charge >= 0.3 is 0 Å². The zero-order chi connectivity index (χ0) is 18.2. The summed E-state index contributed by atoms with van der Waals surface area (Å²) in [5, 5.41) is 0.742. The molecule has 0 aliphatic carbocycles. The predicted octanol–water partition coefficient (Wildman–Crippen LogP) is 5.70. The van der Waals surface area contributed by atoms with Crippen molar-refractivity contribution < 1.29 is 9.47 Å². The molecule has 134 valence electrons. The lowest BCUT2D eigenvalue weighted by atomic mass is 10.0. The molecule has 2 nitrogen and oxygen atoms in total. The zero-order valence-corrected chi connectivity index (χ0v) is 15.7. The molecule has 2 aromatic carbocycles. The van der Waals surface area contributed by atoms with Gasteiger partial charge in [-0.05, 0) is 47.7 Å². The van der Waals surface area contributed by atoms with Crippen molar-refractivity contribution >= 4 is 11.6 Å². The molecule has 1 aliphatic heterocycles. The maximum atomic E-state index is 5.93. The summed E-state index contributed by atoms with van der Waals surface area (Å²) in [6.07, 6.45) is 6.21. The Kier molecular flexibility index (Phi) is 6.91. The smallest absolute Gasteiger partial charge is 0.222 e. The van der Waals surface area contributed by atoms with Gasteiger partial charge in [-0.3, -0.25) is 0 Å². The molecule has 0 N–H and O–H groups in total. The van der Waals surface area contributed by atoms with Crippen LogP contribution in [0.2, 0.25) is 5.02 Å². The summed E-state index contributed by atoms with van der Waals surface area (Å²) in [5.74, 6) is 6.52. The number of hydrogen-bond acceptors (Lipinski definition) is 2. The minimum absolute atomic E-state index is 0.332. The first-order valence-corrected chi connectivity index (χ1v) is 9.40. The molecular weight excluding hydrogens is 344 g/mol. The van der Waals surface area contributed by atoms with Crippen molar-refractivity contribution in [2.24, 2.45) is 5.92 Å². The predicted molar refractivity (Wildman–Crippen MR) is 107 cm³/mol. The van der Waals surface area contributed by atoms with E-state index in [1.165, 1.54) is 0 Å². The highest BCUT2D eigenvalue weighted by Gasteiger charge is 2.18. The Morgan fingerprint density at radius 2 is 1.62 bits per heavy atom. The first kappa shape index (κ1) is 18.7. The minimum Gasteiger partial charge on any atom is -0.341 e. The fourth-order valence-corrected chi connectivity index (χ4v) is 2.82. The summed E-state index contributed by atoms with van der Waals surface area (Å²) < 4.78 is 11.4. The molecule has 3 rings (SSSR count). The van der Waals surface area contributed by atoms with E-state index in [-0.39, 0.29) is 0 Å². The third-order valence-corrected chi connectivity index (χ3v) is 4.44. The molecule has 0 amide bonds. The standard InChI is InChI=1S/C23H23ClO2/c1-2-3-4-5-19-16-25-23(26-17-19)15-8-18-6-9-20(10-7-18)21-11-13-22(24)14-12-21/h4-7,9-14,19,23H,2-3,16-17H2,1H3/b5-4+. The Morgan fingerprint density at radius 1 is 1.00 bits per heavy atom. The normalized spacial score (nSPS) is 19.9. The topological polar surface area (TPSA) is 18.5 Å². The highest BCUT2D eigenvalue weighted by Crippen LogP contribution is 2.21. The van der Waals surface area contributed by atoms with Gasteiger partial charge in [-0.1, -0.05) is 67.3 Å². The lowest BCUT2D eigenvalue weighted by Crippen LogP contribution is -2.30. The Bertz CT molecular complexity index is 774. The van der Waals surface area contributed by atoms with Gasteiger partial charge in [0.05, 0.1) is 13.2 Å². The summed E-state index contributed by atoms with van der Waals surface area (Å²) >= 11 is 5.93. The summed E-state index contributed by atoms with van der Waals surface area (Å²) in [6, 6.07) is 16.0. The first-order chi connectivity index (χ1) is 12.7. The van der Waals surface area contributed by atoms with Crippen LogP contribution in [-0.2, 0) is 9.47 Å². The molecule has 1 fully saturated rings. The number of halogens is 1. The van der Waals surface area contributed by atoms with Crippen molar-refractivity contribution in [3.8, 4) is 23.0 Å². The number of rotatable bonds is 4. The highest BCUT2D eigenvalue weighted by molar-refractivity contribution is 6.30. The molecule has 0 atom stereocenters. The zero-order valence-electron chi connectivity index (χ0n) is 15.0. The molecule has 2 aromatic rings. The molecule has 0 saturated carbocycles. The second kappa shape index (κ2) is 9.59. The Morgan fingerprint density at radius 3 is 2.23 bits per heavy atom. The fourth-order valence-electron chi connectivity index (χ4n) is 2.70. The van der Waals surface area contributed by atoms with Crippen LogP contribution in [0.1, 0.15) is 25.3 Å². The van der Waals surface area contributed by atoms with Gasteiger partial charge in [0.15, 0.2) is 0 Å². The summed E-state index contributed by atoms with van der Waals surface area (Å²) in [6.45, 7) is 3.50. The first-order valence-electron chi connectivity index (χ1n) is 9.02. The summed E-state index contributed by atoms with van der Waals surface area (Å²) in [7, 11) is 0. The van der Waals surface area contributed by atoms with E-state index in [0.717, 1.165) is 34.6 Å². The van der Waals surface area contributed by atoms with Crippen LogP contribution >= 0.6 is 11.6 Å². The average Bonchev–Trinajstić information content (AvgIpc) is 2.69. The largest absolute Gasteiger partial charge is 0.341 e. The molecule has 0 spiro atoms. The van der Waals surface area contributed by atoms with Gasteiger partial charge in [-0.2, -0.15) is 0 Å². The monoisotopic (exact) mass is 366 g/mol. The van der Waals surface area contributed by atoms with Crippen molar-refractivity contribution in [3.05, 3.63) is 71.3 Å². The lowest BCUT2D eigenvalue weighted by molar-refractivity contribution is -0.160. The van der Waals surface area contributed by atoms with Crippen molar-refractivity contribution in [2.45, 2.75) is 26.1 Å². The molecule has 26 heavy (non-hydrogen) atoms. The average molecular weight is 367 g/mol. The maximum Gasteiger partial charge on any atom is 0.222 e. The highest BCUT2D eigenvalue weighted by atomic mass is 35.5. The molecule has 1 saturated heterocycles. The van der Waals surface area contributed by atoms with Crippen LogP contribution in [-0.4, -0.2) is 19.5 Å². The molecule has 0 bridgehead atoms. The SMILES string of the molecule is CCC/C=C/C1COC(C#Cc2ccc(-c3ccc(Cl)cc3)cc2)OC1. The molecule has 0 aromatic heterocycles. The van der Waals surface area contributed by atoms with Crippen LogP contribution in [0.4, 0.5) is 0 Å². The number of allylic oxidation sites excluding steroid dienone is 1. The Hall–Kier alpha value is -2.05. The fraction of sp³-hybridized carbons (Fsp3) is 0.304. The number of ether oxygens (including phenoxy) is 2. The van der Waals surface area contributed by atoms with E-state index < -0.39 is 6.29 Å². The number of unbranched alkanes of at least 4 members (excludes halogenated alkanes) is 1. The quantitative estimate of drug-likeness (QED) is 0.510. The minimum atomic E-state index is -0.443. The van der Waals surface area contributed by atoms with E-state index >= 15 is 0 Å². The van der Waals surface area contributed by atoms with Crippen LogP contribution in [0.25, 0.3) is 11.1 Å². The van der Waals surface area contributed by atoms with Gasteiger partial charge in [0, 0.05) is 16.5 Å². The van der Waals surface area contributed by atoms with E-state index in [4.69, 9.17) is 21.1 Å².